The highest BCUT2D eigenvalue weighted by Crippen LogP contribution is 2.23. The van der Waals surface area contributed by atoms with Gasteiger partial charge in [0.25, 0.3) is 0 Å². The molecule has 0 atom stereocenters. The molecule has 24 heavy (non-hydrogen) atoms. The van der Waals surface area contributed by atoms with Gasteiger partial charge >= 0.3 is 0 Å². The first-order valence-corrected chi connectivity index (χ1v) is 9.25. The molecule has 1 aromatic carbocycles. The number of nitrogens with zero attached hydrogens (tertiary/aromatic N) is 2. The summed E-state index contributed by atoms with van der Waals surface area (Å²) in [6.45, 7) is 0.684. The fourth-order valence-corrected chi connectivity index (χ4v) is 3.79. The van der Waals surface area contributed by atoms with Crippen LogP contribution in [0.25, 0.3) is 10.6 Å². The molecule has 1 aromatic heterocycles. The van der Waals surface area contributed by atoms with Crippen LogP contribution in [0.1, 0.15) is 37.8 Å². The van der Waals surface area contributed by atoms with Crippen molar-refractivity contribution in [1.29, 1.82) is 0 Å². The van der Waals surface area contributed by atoms with E-state index in [1.54, 1.807) is 11.3 Å². The van der Waals surface area contributed by atoms with E-state index in [2.05, 4.69) is 32.8 Å². The molecule has 0 bridgehead atoms. The third kappa shape index (κ3) is 5.73. The van der Waals surface area contributed by atoms with E-state index in [0.717, 1.165) is 17.1 Å². The predicted molar refractivity (Wildman–Crippen MR) is 113 cm³/mol. The molecule has 0 aliphatic heterocycles. The Labute approximate surface area is 165 Å². The molecule has 0 radical (unpaired) electrons. The monoisotopic (exact) mass is 456 g/mol. The summed E-state index contributed by atoms with van der Waals surface area (Å²) in [5.74, 6) is 0.579. The van der Waals surface area contributed by atoms with Gasteiger partial charge in [-0.05, 0) is 12.8 Å². The van der Waals surface area contributed by atoms with Crippen LogP contribution >= 0.6 is 35.3 Å². The zero-order chi connectivity index (χ0) is 15.9. The van der Waals surface area contributed by atoms with Crippen molar-refractivity contribution >= 4 is 41.3 Å². The maximum absolute atomic E-state index is 5.99. The number of aliphatic imine (C=N–C) groups is 1. The van der Waals surface area contributed by atoms with Crippen LogP contribution in [0, 0.1) is 0 Å². The first-order chi connectivity index (χ1) is 11.3. The lowest BCUT2D eigenvalue weighted by molar-refractivity contribution is 0.412. The summed E-state index contributed by atoms with van der Waals surface area (Å²) in [5, 5.41) is 6.53. The molecular formula is C18H25IN4S. The summed E-state index contributed by atoms with van der Waals surface area (Å²) in [7, 11) is 0. The molecule has 3 N–H and O–H groups in total. The second-order valence-electron chi connectivity index (χ2n) is 6.01. The molecule has 1 aliphatic rings. The van der Waals surface area contributed by atoms with Crippen molar-refractivity contribution in [3.05, 3.63) is 41.4 Å². The van der Waals surface area contributed by atoms with Crippen molar-refractivity contribution in [2.24, 2.45) is 10.7 Å². The molecule has 1 aliphatic carbocycles. The van der Waals surface area contributed by atoms with Crippen molar-refractivity contribution in [3.63, 3.8) is 0 Å². The number of nitrogens with one attached hydrogen (secondary N) is 1. The van der Waals surface area contributed by atoms with Gasteiger partial charge in [0.05, 0.1) is 5.69 Å². The van der Waals surface area contributed by atoms with Crippen molar-refractivity contribution in [1.82, 2.24) is 10.3 Å². The van der Waals surface area contributed by atoms with Crippen LogP contribution in [0.15, 0.2) is 40.7 Å². The van der Waals surface area contributed by atoms with Gasteiger partial charge in [-0.3, -0.25) is 4.99 Å². The zero-order valence-electron chi connectivity index (χ0n) is 13.8. The first kappa shape index (κ1) is 19.2. The molecule has 4 nitrogen and oxygen atoms in total. The third-order valence-electron chi connectivity index (χ3n) is 4.18. The second kappa shape index (κ2) is 9.98. The van der Waals surface area contributed by atoms with Crippen molar-refractivity contribution in [3.8, 4) is 10.6 Å². The van der Waals surface area contributed by atoms with Gasteiger partial charge in [-0.1, -0.05) is 49.6 Å². The Morgan fingerprint density at radius 2 is 1.96 bits per heavy atom. The Kier molecular flexibility index (Phi) is 7.98. The van der Waals surface area contributed by atoms with Gasteiger partial charge in [0.15, 0.2) is 5.96 Å². The Hall–Kier alpha value is -1.15. The van der Waals surface area contributed by atoms with Gasteiger partial charge in [-0.2, -0.15) is 0 Å². The number of nitrogens with two attached hydrogens (primary N) is 1. The molecule has 1 heterocycles. The van der Waals surface area contributed by atoms with E-state index in [1.165, 1.54) is 37.7 Å². The smallest absolute Gasteiger partial charge is 0.188 e. The van der Waals surface area contributed by atoms with Crippen LogP contribution in [0.2, 0.25) is 0 Å². The van der Waals surface area contributed by atoms with Gasteiger partial charge in [0, 0.05) is 30.0 Å². The first-order valence-electron chi connectivity index (χ1n) is 8.37. The Morgan fingerprint density at radius 1 is 1.21 bits per heavy atom. The Bertz CT molecular complexity index is 635. The van der Waals surface area contributed by atoms with E-state index in [0.29, 0.717) is 18.5 Å². The summed E-state index contributed by atoms with van der Waals surface area (Å²) in [5.41, 5.74) is 8.24. The van der Waals surface area contributed by atoms with Gasteiger partial charge in [-0.25, -0.2) is 4.98 Å². The minimum atomic E-state index is 0. The van der Waals surface area contributed by atoms with Crippen LogP contribution in [-0.2, 0) is 6.42 Å². The number of hydrogen-bond donors (Lipinski definition) is 2. The Balaban J connectivity index is 0.00000208. The van der Waals surface area contributed by atoms with Gasteiger partial charge in [0.2, 0.25) is 0 Å². The molecule has 0 unspecified atom stereocenters. The van der Waals surface area contributed by atoms with E-state index >= 15 is 0 Å². The maximum Gasteiger partial charge on any atom is 0.188 e. The topological polar surface area (TPSA) is 63.3 Å². The summed E-state index contributed by atoms with van der Waals surface area (Å²) in [4.78, 5) is 9.12. The normalized spacial score (nSPS) is 15.8. The van der Waals surface area contributed by atoms with Crippen LogP contribution in [-0.4, -0.2) is 23.5 Å². The largest absolute Gasteiger partial charge is 0.370 e. The fourth-order valence-electron chi connectivity index (χ4n) is 2.93. The minimum absolute atomic E-state index is 0. The fraction of sp³-hybridized carbons (Fsp3) is 0.444. The maximum atomic E-state index is 5.99. The lowest BCUT2D eigenvalue weighted by Crippen LogP contribution is -2.41. The van der Waals surface area contributed by atoms with Gasteiger partial charge in [-0.15, -0.1) is 35.3 Å². The van der Waals surface area contributed by atoms with E-state index in [-0.39, 0.29) is 24.0 Å². The molecule has 0 amide bonds. The summed E-state index contributed by atoms with van der Waals surface area (Å²) in [6.07, 6.45) is 7.20. The van der Waals surface area contributed by atoms with Crippen molar-refractivity contribution < 1.29 is 0 Å². The molecule has 0 saturated heterocycles. The van der Waals surface area contributed by atoms with Crippen LogP contribution in [0.4, 0.5) is 0 Å². The highest BCUT2D eigenvalue weighted by molar-refractivity contribution is 14.0. The number of aromatic nitrogens is 1. The van der Waals surface area contributed by atoms with E-state index in [9.17, 15) is 0 Å². The zero-order valence-corrected chi connectivity index (χ0v) is 16.9. The predicted octanol–water partition coefficient (Wildman–Crippen LogP) is 4.21. The average Bonchev–Trinajstić information content (AvgIpc) is 3.05. The summed E-state index contributed by atoms with van der Waals surface area (Å²) >= 11 is 1.68. The number of halogens is 1. The molecular weight excluding hydrogens is 431 g/mol. The lowest BCUT2D eigenvalue weighted by atomic mass is 9.96. The van der Waals surface area contributed by atoms with Crippen LogP contribution < -0.4 is 11.1 Å². The van der Waals surface area contributed by atoms with Gasteiger partial charge in [0.1, 0.15) is 5.01 Å². The standard InChI is InChI=1S/C18H24N4S.HI/c19-18(22-15-9-5-2-6-10-15)20-12-11-16-13-23-17(21-16)14-7-3-1-4-8-14;/h1,3-4,7-8,13,15H,2,5-6,9-12H2,(H3,19,20,22);1H. The molecule has 3 rings (SSSR count). The quantitative estimate of drug-likeness (QED) is 0.403. The van der Waals surface area contributed by atoms with Crippen molar-refractivity contribution in [2.75, 3.05) is 6.54 Å². The van der Waals surface area contributed by atoms with E-state index in [1.807, 2.05) is 18.2 Å². The number of hydrogen-bond acceptors (Lipinski definition) is 3. The molecule has 130 valence electrons. The SMILES string of the molecule is I.NC(=NCCc1csc(-c2ccccc2)n1)NC1CCCCC1. The number of thiazole rings is 1. The highest BCUT2D eigenvalue weighted by atomic mass is 127. The second-order valence-corrected chi connectivity index (χ2v) is 6.86. The van der Waals surface area contributed by atoms with E-state index in [4.69, 9.17) is 5.73 Å². The van der Waals surface area contributed by atoms with Crippen LogP contribution in [0.5, 0.6) is 0 Å². The molecule has 1 saturated carbocycles. The number of benzene rings is 1. The molecule has 2 aromatic rings. The molecule has 1 fully saturated rings. The third-order valence-corrected chi connectivity index (χ3v) is 5.12. The summed E-state index contributed by atoms with van der Waals surface area (Å²) < 4.78 is 0. The number of guanidine groups is 1. The molecule has 0 spiro atoms. The van der Waals surface area contributed by atoms with Gasteiger partial charge < -0.3 is 11.1 Å². The van der Waals surface area contributed by atoms with Crippen molar-refractivity contribution in [2.45, 2.75) is 44.6 Å². The Morgan fingerprint density at radius 3 is 2.71 bits per heavy atom. The number of rotatable bonds is 5. The van der Waals surface area contributed by atoms with Crippen LogP contribution in [0.3, 0.4) is 0 Å². The summed E-state index contributed by atoms with van der Waals surface area (Å²) in [6, 6.07) is 10.8. The average molecular weight is 456 g/mol. The lowest BCUT2D eigenvalue weighted by Gasteiger charge is -2.23. The molecule has 6 heteroatoms. The van der Waals surface area contributed by atoms with E-state index < -0.39 is 0 Å². The highest BCUT2D eigenvalue weighted by Gasteiger charge is 2.13. The minimum Gasteiger partial charge on any atom is -0.370 e.